The van der Waals surface area contributed by atoms with Crippen LogP contribution in [0, 0.1) is 0 Å². The summed E-state index contributed by atoms with van der Waals surface area (Å²) in [6, 6.07) is 16.0. The third-order valence-corrected chi connectivity index (χ3v) is 5.87. The highest BCUT2D eigenvalue weighted by Crippen LogP contribution is 2.29. The van der Waals surface area contributed by atoms with Crippen LogP contribution in [0.15, 0.2) is 78.2 Å². The number of carbonyl (C=O) groups excluding carboxylic acids is 1. The van der Waals surface area contributed by atoms with Gasteiger partial charge in [-0.05, 0) is 78.6 Å². The molecular weight excluding hydrogens is 380 g/mol. The zero-order chi connectivity index (χ0) is 20.5. The fourth-order valence-corrected chi connectivity index (χ4v) is 3.82. The predicted molar refractivity (Wildman–Crippen MR) is 118 cm³/mol. The molecule has 1 aromatic carbocycles. The van der Waals surface area contributed by atoms with Crippen LogP contribution in [0.2, 0.25) is 0 Å². The number of nitrogens with two attached hydrogens (primary N) is 1. The summed E-state index contributed by atoms with van der Waals surface area (Å²) in [5, 5.41) is 3.49. The number of rotatable bonds is 10. The summed E-state index contributed by atoms with van der Waals surface area (Å²) in [5.41, 5.74) is 8.24. The second-order valence-corrected chi connectivity index (χ2v) is 7.77. The lowest BCUT2D eigenvalue weighted by Gasteiger charge is -2.33. The van der Waals surface area contributed by atoms with Gasteiger partial charge in [-0.15, -0.1) is 11.8 Å². The van der Waals surface area contributed by atoms with Crippen LogP contribution < -0.4 is 11.1 Å². The lowest BCUT2D eigenvalue weighted by molar-refractivity contribution is -0.125. The van der Waals surface area contributed by atoms with Crippen molar-refractivity contribution >= 4 is 17.7 Å². The highest BCUT2D eigenvalue weighted by atomic mass is 32.2. The fourth-order valence-electron chi connectivity index (χ4n) is 3.41. The molecule has 3 aromatic rings. The molecule has 5 nitrogen and oxygen atoms in total. The van der Waals surface area contributed by atoms with E-state index in [4.69, 9.17) is 5.73 Å². The molecule has 0 radical (unpaired) electrons. The predicted octanol–water partition coefficient (Wildman–Crippen LogP) is 3.34. The Morgan fingerprint density at radius 3 is 2.00 bits per heavy atom. The second kappa shape index (κ2) is 10.2. The zero-order valence-electron chi connectivity index (χ0n) is 16.5. The van der Waals surface area contributed by atoms with E-state index in [1.165, 1.54) is 0 Å². The van der Waals surface area contributed by atoms with E-state index in [0.29, 0.717) is 13.0 Å². The van der Waals surface area contributed by atoms with Gasteiger partial charge in [0, 0.05) is 36.2 Å². The average Bonchev–Trinajstić information content (AvgIpc) is 2.77. The molecule has 6 heteroatoms. The molecule has 0 fully saturated rings. The minimum absolute atomic E-state index is 0.363. The van der Waals surface area contributed by atoms with Gasteiger partial charge in [0.2, 0.25) is 5.91 Å². The first-order valence-electron chi connectivity index (χ1n) is 9.61. The van der Waals surface area contributed by atoms with Crippen LogP contribution in [0.5, 0.6) is 0 Å². The molecule has 0 aliphatic rings. The molecule has 0 spiro atoms. The van der Waals surface area contributed by atoms with Gasteiger partial charge in [0.1, 0.15) is 5.54 Å². The average molecular weight is 407 g/mol. The third-order valence-electron chi connectivity index (χ3n) is 5.13. The quantitative estimate of drug-likeness (QED) is 0.505. The van der Waals surface area contributed by atoms with Crippen molar-refractivity contribution in [2.24, 2.45) is 5.73 Å². The standard InChI is InChI=1S/C23H26N4OS/c1-29-21-4-2-20(3-5-21)23(22(24)28,12-6-18-7-13-25-14-8-18)27-17-11-19-9-15-26-16-10-19/h2-5,7-10,13-16,27H,6,11-12,17H2,1H3,(H2,24,28). The summed E-state index contributed by atoms with van der Waals surface area (Å²) in [6.45, 7) is 0.633. The molecule has 1 amide bonds. The first-order chi connectivity index (χ1) is 14.1. The van der Waals surface area contributed by atoms with E-state index in [9.17, 15) is 4.79 Å². The molecule has 150 valence electrons. The first kappa shape index (κ1) is 21.0. The number of benzene rings is 1. The zero-order valence-corrected chi connectivity index (χ0v) is 17.4. The van der Waals surface area contributed by atoms with Crippen LogP contribution in [0.3, 0.4) is 0 Å². The van der Waals surface area contributed by atoms with Gasteiger partial charge in [-0.3, -0.25) is 20.1 Å². The molecule has 3 rings (SSSR count). The van der Waals surface area contributed by atoms with Gasteiger partial charge in [0.25, 0.3) is 0 Å². The molecule has 1 unspecified atom stereocenters. The molecule has 0 aliphatic carbocycles. The fraction of sp³-hybridized carbons (Fsp3) is 0.261. The van der Waals surface area contributed by atoms with Gasteiger partial charge in [0.05, 0.1) is 0 Å². The van der Waals surface area contributed by atoms with E-state index in [1.54, 1.807) is 36.5 Å². The molecule has 0 saturated carbocycles. The van der Waals surface area contributed by atoms with E-state index in [-0.39, 0.29) is 5.91 Å². The van der Waals surface area contributed by atoms with Crippen LogP contribution in [-0.4, -0.2) is 28.7 Å². The highest BCUT2D eigenvalue weighted by Gasteiger charge is 2.37. The van der Waals surface area contributed by atoms with E-state index in [1.807, 2.05) is 54.8 Å². The normalized spacial score (nSPS) is 13.0. The smallest absolute Gasteiger partial charge is 0.242 e. The molecule has 3 N–H and O–H groups in total. The van der Waals surface area contributed by atoms with Crippen LogP contribution in [-0.2, 0) is 23.2 Å². The number of pyridine rings is 2. The summed E-state index contributed by atoms with van der Waals surface area (Å²) in [4.78, 5) is 22.0. The van der Waals surface area contributed by atoms with Gasteiger partial charge in [-0.1, -0.05) is 12.1 Å². The Bertz CT molecular complexity index is 903. The Labute approximate surface area is 176 Å². The molecule has 0 saturated heterocycles. The third kappa shape index (κ3) is 5.43. The number of hydrogen-bond acceptors (Lipinski definition) is 5. The van der Waals surface area contributed by atoms with Crippen molar-refractivity contribution < 1.29 is 4.79 Å². The number of nitrogens with one attached hydrogen (secondary N) is 1. The number of hydrogen-bond donors (Lipinski definition) is 2. The number of carbonyl (C=O) groups is 1. The maximum atomic E-state index is 12.8. The lowest BCUT2D eigenvalue weighted by Crippen LogP contribution is -2.53. The minimum Gasteiger partial charge on any atom is -0.368 e. The van der Waals surface area contributed by atoms with Crippen molar-refractivity contribution in [1.82, 2.24) is 15.3 Å². The van der Waals surface area contributed by atoms with Crippen LogP contribution in [0.4, 0.5) is 0 Å². The van der Waals surface area contributed by atoms with E-state index in [0.717, 1.165) is 34.4 Å². The monoisotopic (exact) mass is 406 g/mol. The van der Waals surface area contributed by atoms with E-state index >= 15 is 0 Å². The van der Waals surface area contributed by atoms with E-state index in [2.05, 4.69) is 15.3 Å². The Morgan fingerprint density at radius 1 is 0.931 bits per heavy atom. The first-order valence-corrected chi connectivity index (χ1v) is 10.8. The van der Waals surface area contributed by atoms with Crippen molar-refractivity contribution in [2.75, 3.05) is 12.8 Å². The molecule has 2 aromatic heterocycles. The summed E-state index contributed by atoms with van der Waals surface area (Å²) in [7, 11) is 0. The molecule has 0 aliphatic heterocycles. The number of aryl methyl sites for hydroxylation is 1. The SMILES string of the molecule is CSc1ccc(C(CCc2ccncc2)(NCCc2ccncc2)C(N)=O)cc1. The van der Waals surface area contributed by atoms with Crippen LogP contribution >= 0.6 is 11.8 Å². The van der Waals surface area contributed by atoms with Crippen molar-refractivity contribution in [1.29, 1.82) is 0 Å². The molecule has 29 heavy (non-hydrogen) atoms. The Morgan fingerprint density at radius 2 is 1.48 bits per heavy atom. The number of primary amides is 1. The largest absolute Gasteiger partial charge is 0.368 e. The van der Waals surface area contributed by atoms with Gasteiger partial charge < -0.3 is 5.73 Å². The summed E-state index contributed by atoms with van der Waals surface area (Å²) in [6.07, 6.45) is 11.2. The lowest BCUT2D eigenvalue weighted by atomic mass is 9.83. The Kier molecular flexibility index (Phi) is 7.38. The number of amides is 1. The molecule has 0 bridgehead atoms. The van der Waals surface area contributed by atoms with Gasteiger partial charge in [-0.25, -0.2) is 0 Å². The van der Waals surface area contributed by atoms with Crippen LogP contribution in [0.25, 0.3) is 0 Å². The van der Waals surface area contributed by atoms with Crippen molar-refractivity contribution in [3.63, 3.8) is 0 Å². The second-order valence-electron chi connectivity index (χ2n) is 6.89. The number of thioether (sulfide) groups is 1. The topological polar surface area (TPSA) is 80.9 Å². The van der Waals surface area contributed by atoms with Gasteiger partial charge in [-0.2, -0.15) is 0 Å². The molecular formula is C23H26N4OS. The highest BCUT2D eigenvalue weighted by molar-refractivity contribution is 7.98. The maximum absolute atomic E-state index is 12.8. The summed E-state index contributed by atoms with van der Waals surface area (Å²) in [5.74, 6) is -0.363. The van der Waals surface area contributed by atoms with Crippen molar-refractivity contribution in [2.45, 2.75) is 29.7 Å². The number of nitrogens with zero attached hydrogens (tertiary/aromatic N) is 2. The number of aromatic nitrogens is 2. The van der Waals surface area contributed by atoms with Crippen LogP contribution in [0.1, 0.15) is 23.1 Å². The van der Waals surface area contributed by atoms with E-state index < -0.39 is 5.54 Å². The van der Waals surface area contributed by atoms with Gasteiger partial charge >= 0.3 is 0 Å². The van der Waals surface area contributed by atoms with Crippen molar-refractivity contribution in [3.05, 3.63) is 90.0 Å². The Hall–Kier alpha value is -2.70. The maximum Gasteiger partial charge on any atom is 0.242 e. The summed E-state index contributed by atoms with van der Waals surface area (Å²) >= 11 is 1.67. The Balaban J connectivity index is 1.84. The minimum atomic E-state index is -0.937. The van der Waals surface area contributed by atoms with Crippen molar-refractivity contribution in [3.8, 4) is 0 Å². The summed E-state index contributed by atoms with van der Waals surface area (Å²) < 4.78 is 0. The van der Waals surface area contributed by atoms with Gasteiger partial charge in [0.15, 0.2) is 0 Å². The molecule has 1 atom stereocenters. The molecule has 2 heterocycles.